The van der Waals surface area contributed by atoms with E-state index >= 15 is 0 Å². The van der Waals surface area contributed by atoms with Gasteiger partial charge in [0.1, 0.15) is 0 Å². The second-order valence-corrected chi connectivity index (χ2v) is 3.61. The minimum atomic E-state index is -0.378. The van der Waals surface area contributed by atoms with Crippen molar-refractivity contribution in [3.63, 3.8) is 0 Å². The molecule has 13 heavy (non-hydrogen) atoms. The van der Waals surface area contributed by atoms with Crippen molar-refractivity contribution < 1.29 is 5.11 Å². The molecular weight excluding hydrogens is 164 g/mol. The molecule has 74 valence electrons. The van der Waals surface area contributed by atoms with Crippen LogP contribution in [0.25, 0.3) is 0 Å². The van der Waals surface area contributed by atoms with Crippen molar-refractivity contribution in [2.45, 2.75) is 19.6 Å². The Morgan fingerprint density at radius 3 is 2.77 bits per heavy atom. The zero-order chi connectivity index (χ0) is 9.84. The molecule has 0 amide bonds. The summed E-state index contributed by atoms with van der Waals surface area (Å²) in [6.07, 6.45) is 1.63. The third-order valence-electron chi connectivity index (χ3n) is 2.08. The molecule has 3 nitrogen and oxygen atoms in total. The number of aliphatic hydroxyl groups is 1. The van der Waals surface area contributed by atoms with Crippen LogP contribution in [0.4, 0.5) is 0 Å². The summed E-state index contributed by atoms with van der Waals surface area (Å²) in [7, 11) is 4.09. The van der Waals surface area contributed by atoms with Gasteiger partial charge in [-0.2, -0.15) is 0 Å². The van der Waals surface area contributed by atoms with Crippen LogP contribution in [0.5, 0.6) is 0 Å². The van der Waals surface area contributed by atoms with Crippen LogP contribution < -0.4 is 0 Å². The first-order valence-electron chi connectivity index (χ1n) is 4.59. The maximum atomic E-state index is 9.42. The van der Waals surface area contributed by atoms with Crippen molar-refractivity contribution in [2.24, 2.45) is 0 Å². The number of aromatic nitrogens is 1. The summed E-state index contributed by atoms with van der Waals surface area (Å²) in [6.45, 7) is 3.72. The molecule has 1 N–H and O–H groups in total. The van der Waals surface area contributed by atoms with Crippen molar-refractivity contribution in [3.05, 3.63) is 24.0 Å². The summed E-state index contributed by atoms with van der Waals surface area (Å²) in [6, 6.07) is 3.93. The number of aliphatic hydroxyl groups excluding tert-OH is 1. The van der Waals surface area contributed by atoms with E-state index in [9.17, 15) is 5.11 Å². The van der Waals surface area contributed by atoms with Gasteiger partial charge in [-0.25, -0.2) is 0 Å². The Labute approximate surface area is 79.6 Å². The van der Waals surface area contributed by atoms with E-state index in [2.05, 4.69) is 9.47 Å². The van der Waals surface area contributed by atoms with Gasteiger partial charge in [-0.1, -0.05) is 0 Å². The quantitative estimate of drug-likeness (QED) is 0.755. The lowest BCUT2D eigenvalue weighted by Gasteiger charge is -2.14. The first-order chi connectivity index (χ1) is 6.11. The zero-order valence-electron chi connectivity index (χ0n) is 8.57. The second-order valence-electron chi connectivity index (χ2n) is 3.61. The number of rotatable bonds is 4. The molecule has 1 rings (SSSR count). The van der Waals surface area contributed by atoms with E-state index < -0.39 is 0 Å². The normalized spacial score (nSPS) is 13.6. The number of nitrogens with zero attached hydrogens (tertiary/aromatic N) is 2. The highest BCUT2D eigenvalue weighted by Crippen LogP contribution is 2.12. The Balaban J connectivity index is 2.60. The molecule has 0 bridgehead atoms. The molecule has 0 aliphatic rings. The maximum absolute atomic E-state index is 9.42. The van der Waals surface area contributed by atoms with Crippen molar-refractivity contribution in [3.8, 4) is 0 Å². The number of hydrogen-bond donors (Lipinski definition) is 1. The van der Waals surface area contributed by atoms with E-state index in [0.717, 1.165) is 18.8 Å². The fraction of sp³-hybridized carbons (Fsp3) is 0.600. The molecule has 0 fully saturated rings. The van der Waals surface area contributed by atoms with Crippen LogP contribution in [0.15, 0.2) is 18.3 Å². The molecule has 1 atom stereocenters. The Morgan fingerprint density at radius 2 is 2.23 bits per heavy atom. The van der Waals surface area contributed by atoms with Crippen molar-refractivity contribution in [1.82, 2.24) is 9.47 Å². The molecular formula is C10H18N2O. The minimum absolute atomic E-state index is 0.378. The van der Waals surface area contributed by atoms with Crippen LogP contribution in [0.2, 0.25) is 0 Å². The number of likely N-dealkylation sites (N-methyl/N-ethyl adjacent to an activating group) is 1. The standard InChI is InChI=1S/C10H18N2O/c1-9(13)10-5-4-6-12(10)8-7-11(2)3/h4-6,9,13H,7-8H2,1-3H3. The average Bonchev–Trinajstić information content (AvgIpc) is 2.47. The third-order valence-corrected chi connectivity index (χ3v) is 2.08. The lowest BCUT2D eigenvalue weighted by molar-refractivity contribution is 0.188. The fourth-order valence-electron chi connectivity index (χ4n) is 1.32. The van der Waals surface area contributed by atoms with Gasteiger partial charge in [0.25, 0.3) is 0 Å². The Kier molecular flexibility index (Phi) is 3.51. The first kappa shape index (κ1) is 10.3. The Hall–Kier alpha value is -0.800. The lowest BCUT2D eigenvalue weighted by atomic mass is 10.3. The summed E-state index contributed by atoms with van der Waals surface area (Å²) >= 11 is 0. The SMILES string of the molecule is CC(O)c1cccn1CCN(C)C. The van der Waals surface area contributed by atoms with E-state index in [0.29, 0.717) is 0 Å². The van der Waals surface area contributed by atoms with Crippen LogP contribution in [0, 0.1) is 0 Å². The highest BCUT2D eigenvalue weighted by atomic mass is 16.3. The largest absolute Gasteiger partial charge is 0.387 e. The highest BCUT2D eigenvalue weighted by molar-refractivity contribution is 5.09. The van der Waals surface area contributed by atoms with E-state index in [4.69, 9.17) is 0 Å². The van der Waals surface area contributed by atoms with Crippen LogP contribution in [-0.2, 0) is 6.54 Å². The van der Waals surface area contributed by atoms with E-state index in [1.54, 1.807) is 6.92 Å². The molecule has 0 saturated carbocycles. The van der Waals surface area contributed by atoms with Crippen molar-refractivity contribution in [2.75, 3.05) is 20.6 Å². The minimum Gasteiger partial charge on any atom is -0.387 e. The van der Waals surface area contributed by atoms with Gasteiger partial charge in [-0.15, -0.1) is 0 Å². The molecule has 0 aliphatic carbocycles. The summed E-state index contributed by atoms with van der Waals surface area (Å²) in [5.74, 6) is 0. The van der Waals surface area contributed by atoms with Gasteiger partial charge < -0.3 is 14.6 Å². The molecule has 0 saturated heterocycles. The molecule has 0 aromatic carbocycles. The summed E-state index contributed by atoms with van der Waals surface area (Å²) < 4.78 is 2.09. The molecule has 1 aromatic heterocycles. The second kappa shape index (κ2) is 4.44. The predicted octanol–water partition coefficient (Wildman–Crippen LogP) is 1.10. The van der Waals surface area contributed by atoms with Crippen LogP contribution >= 0.6 is 0 Å². The molecule has 1 heterocycles. The smallest absolute Gasteiger partial charge is 0.0911 e. The molecule has 3 heteroatoms. The van der Waals surface area contributed by atoms with Gasteiger partial charge in [0, 0.05) is 25.0 Å². The molecule has 0 radical (unpaired) electrons. The van der Waals surface area contributed by atoms with Gasteiger partial charge in [0.2, 0.25) is 0 Å². The first-order valence-corrected chi connectivity index (χ1v) is 4.59. The fourth-order valence-corrected chi connectivity index (χ4v) is 1.32. The highest BCUT2D eigenvalue weighted by Gasteiger charge is 2.05. The van der Waals surface area contributed by atoms with Gasteiger partial charge >= 0.3 is 0 Å². The third kappa shape index (κ3) is 2.86. The molecule has 1 unspecified atom stereocenters. The Bertz CT molecular complexity index is 253. The van der Waals surface area contributed by atoms with E-state index in [-0.39, 0.29) is 6.10 Å². The van der Waals surface area contributed by atoms with E-state index in [1.165, 1.54) is 0 Å². The monoisotopic (exact) mass is 182 g/mol. The predicted molar refractivity (Wildman–Crippen MR) is 53.6 cm³/mol. The van der Waals surface area contributed by atoms with E-state index in [1.807, 2.05) is 32.4 Å². The van der Waals surface area contributed by atoms with Crippen molar-refractivity contribution in [1.29, 1.82) is 0 Å². The summed E-state index contributed by atoms with van der Waals surface area (Å²) in [5, 5.41) is 9.42. The van der Waals surface area contributed by atoms with Gasteiger partial charge in [-0.05, 0) is 33.2 Å². The Morgan fingerprint density at radius 1 is 1.54 bits per heavy atom. The number of hydrogen-bond acceptors (Lipinski definition) is 2. The summed E-state index contributed by atoms with van der Waals surface area (Å²) in [4.78, 5) is 2.13. The van der Waals surface area contributed by atoms with Crippen LogP contribution in [-0.4, -0.2) is 35.2 Å². The van der Waals surface area contributed by atoms with Gasteiger partial charge in [0.05, 0.1) is 6.10 Å². The molecule has 0 spiro atoms. The average molecular weight is 182 g/mol. The zero-order valence-corrected chi connectivity index (χ0v) is 8.57. The van der Waals surface area contributed by atoms with Crippen molar-refractivity contribution >= 4 is 0 Å². The van der Waals surface area contributed by atoms with Gasteiger partial charge in [0.15, 0.2) is 0 Å². The maximum Gasteiger partial charge on any atom is 0.0911 e. The lowest BCUT2D eigenvalue weighted by Crippen LogP contribution is -2.19. The molecule has 0 aliphatic heterocycles. The van der Waals surface area contributed by atoms with Gasteiger partial charge in [-0.3, -0.25) is 0 Å². The summed E-state index contributed by atoms with van der Waals surface area (Å²) in [5.41, 5.74) is 0.988. The molecule has 1 aromatic rings. The van der Waals surface area contributed by atoms with Crippen LogP contribution in [0.3, 0.4) is 0 Å². The topological polar surface area (TPSA) is 28.4 Å². The van der Waals surface area contributed by atoms with Crippen LogP contribution in [0.1, 0.15) is 18.7 Å².